The average molecular weight is 229 g/mol. The predicted molar refractivity (Wildman–Crippen MR) is 62.2 cm³/mol. The summed E-state index contributed by atoms with van der Waals surface area (Å²) in [6.07, 6.45) is 2.82. The van der Waals surface area contributed by atoms with Crippen molar-refractivity contribution in [3.05, 3.63) is 0 Å². The van der Waals surface area contributed by atoms with E-state index in [0.29, 0.717) is 6.54 Å². The Morgan fingerprint density at radius 3 is 2.31 bits per heavy atom. The highest BCUT2D eigenvalue weighted by molar-refractivity contribution is 5.67. The van der Waals surface area contributed by atoms with Crippen LogP contribution in [0.15, 0.2) is 0 Å². The largest absolute Gasteiger partial charge is 0.444 e. The summed E-state index contributed by atoms with van der Waals surface area (Å²) >= 11 is 0. The Morgan fingerprint density at radius 2 is 2.00 bits per heavy atom. The Balaban J connectivity index is 2.45. The van der Waals surface area contributed by atoms with Crippen LogP contribution in [-0.2, 0) is 4.74 Å². The second-order valence-electron chi connectivity index (χ2n) is 5.85. The summed E-state index contributed by atoms with van der Waals surface area (Å²) in [5, 5.41) is 9.32. The van der Waals surface area contributed by atoms with Gasteiger partial charge in [0.25, 0.3) is 0 Å². The lowest BCUT2D eigenvalue weighted by molar-refractivity contribution is -0.00844. The minimum Gasteiger partial charge on any atom is -0.444 e. The summed E-state index contributed by atoms with van der Waals surface area (Å²) < 4.78 is 5.26. The Labute approximate surface area is 97.6 Å². The van der Waals surface area contributed by atoms with E-state index in [9.17, 15) is 9.90 Å². The maximum Gasteiger partial charge on any atom is 0.410 e. The van der Waals surface area contributed by atoms with Crippen LogP contribution in [0.4, 0.5) is 4.79 Å². The topological polar surface area (TPSA) is 49.8 Å². The summed E-state index contributed by atoms with van der Waals surface area (Å²) in [7, 11) is 1.73. The molecule has 0 saturated heterocycles. The molecule has 1 fully saturated rings. The first kappa shape index (κ1) is 13.3. The van der Waals surface area contributed by atoms with E-state index < -0.39 is 5.60 Å². The molecular formula is C12H23NO3. The Bertz CT molecular complexity index is 248. The third kappa shape index (κ3) is 3.37. The van der Waals surface area contributed by atoms with Crippen LogP contribution in [0, 0.1) is 5.41 Å². The molecule has 0 bridgehead atoms. The Kier molecular flexibility index (Phi) is 3.84. The number of carbonyl (C=O) groups is 1. The van der Waals surface area contributed by atoms with Crippen molar-refractivity contribution in [2.24, 2.45) is 5.41 Å². The predicted octanol–water partition coefficient (Wildman–Crippen LogP) is 2.02. The van der Waals surface area contributed by atoms with Gasteiger partial charge in [0.1, 0.15) is 5.60 Å². The van der Waals surface area contributed by atoms with Crippen molar-refractivity contribution in [2.75, 3.05) is 20.2 Å². The molecule has 1 rings (SSSR count). The van der Waals surface area contributed by atoms with Crippen molar-refractivity contribution in [1.82, 2.24) is 4.90 Å². The second-order valence-corrected chi connectivity index (χ2v) is 5.85. The van der Waals surface area contributed by atoms with Crippen LogP contribution in [0.2, 0.25) is 0 Å². The molecule has 0 aliphatic heterocycles. The SMILES string of the molecule is CN(CC1(CO)CCC1)C(=O)OC(C)(C)C. The molecule has 0 aromatic carbocycles. The molecule has 0 unspecified atom stereocenters. The standard InChI is InChI=1S/C12H23NO3/c1-11(2,3)16-10(15)13(4)8-12(9-14)6-5-7-12/h14H,5-9H2,1-4H3. The number of aliphatic hydroxyl groups excluding tert-OH is 1. The summed E-state index contributed by atoms with van der Waals surface area (Å²) in [4.78, 5) is 13.3. The minimum atomic E-state index is -0.461. The first-order chi connectivity index (χ1) is 7.28. The molecule has 0 atom stereocenters. The van der Waals surface area contributed by atoms with Gasteiger partial charge in [-0.25, -0.2) is 4.79 Å². The fraction of sp³-hybridized carbons (Fsp3) is 0.917. The maximum atomic E-state index is 11.7. The van der Waals surface area contributed by atoms with Gasteiger partial charge in [-0.1, -0.05) is 6.42 Å². The summed E-state index contributed by atoms with van der Waals surface area (Å²) in [5.41, 5.74) is -0.539. The lowest BCUT2D eigenvalue weighted by Crippen LogP contribution is -2.46. The number of aliphatic hydroxyl groups is 1. The number of hydrogen-bond donors (Lipinski definition) is 1. The van der Waals surface area contributed by atoms with Gasteiger partial charge in [0.15, 0.2) is 0 Å². The molecule has 0 spiro atoms. The molecular weight excluding hydrogens is 206 g/mol. The van der Waals surface area contributed by atoms with Crippen molar-refractivity contribution >= 4 is 6.09 Å². The Hall–Kier alpha value is -0.770. The molecule has 0 heterocycles. The van der Waals surface area contributed by atoms with Crippen molar-refractivity contribution in [3.63, 3.8) is 0 Å². The quantitative estimate of drug-likeness (QED) is 0.805. The van der Waals surface area contributed by atoms with Gasteiger partial charge >= 0.3 is 6.09 Å². The fourth-order valence-electron chi connectivity index (χ4n) is 1.95. The van der Waals surface area contributed by atoms with Gasteiger partial charge in [0, 0.05) is 19.0 Å². The normalized spacial score (nSPS) is 18.8. The third-order valence-electron chi connectivity index (χ3n) is 3.03. The van der Waals surface area contributed by atoms with E-state index >= 15 is 0 Å². The van der Waals surface area contributed by atoms with E-state index in [2.05, 4.69) is 0 Å². The van der Waals surface area contributed by atoms with E-state index in [4.69, 9.17) is 4.74 Å². The maximum absolute atomic E-state index is 11.7. The smallest absolute Gasteiger partial charge is 0.410 e. The summed E-state index contributed by atoms with van der Waals surface area (Å²) in [6.45, 7) is 6.29. The number of rotatable bonds is 3. The van der Waals surface area contributed by atoms with Gasteiger partial charge in [0.2, 0.25) is 0 Å². The van der Waals surface area contributed by atoms with Crippen molar-refractivity contribution in [2.45, 2.75) is 45.6 Å². The van der Waals surface area contributed by atoms with Crippen LogP contribution in [-0.4, -0.2) is 41.9 Å². The highest BCUT2D eigenvalue weighted by Crippen LogP contribution is 2.40. The van der Waals surface area contributed by atoms with E-state index in [0.717, 1.165) is 19.3 Å². The van der Waals surface area contributed by atoms with Gasteiger partial charge in [0.05, 0.1) is 6.61 Å². The summed E-state index contributed by atoms with van der Waals surface area (Å²) in [5.74, 6) is 0. The zero-order valence-electron chi connectivity index (χ0n) is 10.7. The molecule has 16 heavy (non-hydrogen) atoms. The average Bonchev–Trinajstić information content (AvgIpc) is 2.08. The van der Waals surface area contributed by atoms with E-state index in [1.54, 1.807) is 11.9 Å². The zero-order chi connectivity index (χ0) is 12.4. The van der Waals surface area contributed by atoms with Crippen LogP contribution >= 0.6 is 0 Å². The lowest BCUT2D eigenvalue weighted by atomic mass is 9.69. The highest BCUT2D eigenvalue weighted by atomic mass is 16.6. The van der Waals surface area contributed by atoms with Crippen LogP contribution in [0.25, 0.3) is 0 Å². The first-order valence-corrected chi connectivity index (χ1v) is 5.83. The van der Waals surface area contributed by atoms with Crippen LogP contribution < -0.4 is 0 Å². The van der Waals surface area contributed by atoms with Crippen molar-refractivity contribution < 1.29 is 14.6 Å². The molecule has 1 saturated carbocycles. The molecule has 94 valence electrons. The molecule has 0 radical (unpaired) electrons. The van der Waals surface area contributed by atoms with Gasteiger partial charge in [-0.05, 0) is 33.6 Å². The van der Waals surface area contributed by atoms with Crippen molar-refractivity contribution in [3.8, 4) is 0 Å². The molecule has 1 aliphatic rings. The molecule has 4 nitrogen and oxygen atoms in total. The number of amides is 1. The van der Waals surface area contributed by atoms with Crippen molar-refractivity contribution in [1.29, 1.82) is 0 Å². The van der Waals surface area contributed by atoms with E-state index in [-0.39, 0.29) is 18.1 Å². The highest BCUT2D eigenvalue weighted by Gasteiger charge is 2.38. The van der Waals surface area contributed by atoms with Crippen LogP contribution in [0.3, 0.4) is 0 Å². The molecule has 1 amide bonds. The zero-order valence-corrected chi connectivity index (χ0v) is 10.7. The van der Waals surface area contributed by atoms with Gasteiger partial charge < -0.3 is 14.7 Å². The fourth-order valence-corrected chi connectivity index (χ4v) is 1.95. The summed E-state index contributed by atoms with van der Waals surface area (Å²) in [6, 6.07) is 0. The monoisotopic (exact) mass is 229 g/mol. The molecule has 4 heteroatoms. The van der Waals surface area contributed by atoms with Crippen LogP contribution in [0.1, 0.15) is 40.0 Å². The number of carbonyl (C=O) groups excluding carboxylic acids is 1. The third-order valence-corrected chi connectivity index (χ3v) is 3.03. The van der Waals surface area contributed by atoms with Gasteiger partial charge in [-0.3, -0.25) is 0 Å². The molecule has 1 aliphatic carbocycles. The molecule has 0 aromatic rings. The second kappa shape index (κ2) is 4.62. The molecule has 1 N–H and O–H groups in total. The van der Waals surface area contributed by atoms with Gasteiger partial charge in [-0.15, -0.1) is 0 Å². The lowest BCUT2D eigenvalue weighted by Gasteiger charge is -2.42. The van der Waals surface area contributed by atoms with E-state index in [1.807, 2.05) is 20.8 Å². The van der Waals surface area contributed by atoms with Gasteiger partial charge in [-0.2, -0.15) is 0 Å². The number of nitrogens with zero attached hydrogens (tertiary/aromatic N) is 1. The van der Waals surface area contributed by atoms with Crippen LogP contribution in [0.5, 0.6) is 0 Å². The number of hydrogen-bond acceptors (Lipinski definition) is 3. The minimum absolute atomic E-state index is 0.0777. The Morgan fingerprint density at radius 1 is 1.44 bits per heavy atom. The number of ether oxygens (including phenoxy) is 1. The first-order valence-electron chi connectivity index (χ1n) is 5.83. The molecule has 0 aromatic heterocycles. The van der Waals surface area contributed by atoms with E-state index in [1.165, 1.54) is 0 Å².